The van der Waals surface area contributed by atoms with Crippen molar-refractivity contribution < 1.29 is 18.0 Å². The van der Waals surface area contributed by atoms with E-state index < -0.39 is 21.8 Å². The monoisotopic (exact) mass is 530 g/mol. The number of benzene rings is 3. The molecule has 0 aliphatic carbocycles. The Morgan fingerprint density at radius 2 is 1.42 bits per heavy atom. The predicted octanol–water partition coefficient (Wildman–Crippen LogP) is 4.30. The lowest BCUT2D eigenvalue weighted by molar-refractivity contribution is 0.0846. The first-order valence-electron chi connectivity index (χ1n) is 12.0. The van der Waals surface area contributed by atoms with Crippen molar-refractivity contribution >= 4 is 21.8 Å². The van der Waals surface area contributed by atoms with E-state index in [4.69, 9.17) is 0 Å². The van der Waals surface area contributed by atoms with Crippen LogP contribution in [0.5, 0.6) is 0 Å². The Kier molecular flexibility index (Phi) is 7.80. The lowest BCUT2D eigenvalue weighted by Crippen LogP contribution is -2.41. The average Bonchev–Trinajstić information content (AvgIpc) is 3.21. The van der Waals surface area contributed by atoms with Gasteiger partial charge in [-0.15, -0.1) is 0 Å². The third-order valence-corrected chi connectivity index (χ3v) is 8.15. The number of nitrogens with one attached hydrogen (secondary N) is 2. The number of hydrazine groups is 1. The van der Waals surface area contributed by atoms with Crippen LogP contribution in [0.1, 0.15) is 43.2 Å². The number of hydrogen-bond donors (Lipinski definition) is 2. The van der Waals surface area contributed by atoms with E-state index in [0.717, 1.165) is 28.2 Å². The van der Waals surface area contributed by atoms with Crippen molar-refractivity contribution in [2.45, 2.75) is 32.2 Å². The summed E-state index contributed by atoms with van der Waals surface area (Å²) in [5, 5.41) is 0. The second kappa shape index (κ2) is 11.0. The van der Waals surface area contributed by atoms with Gasteiger partial charge in [0.05, 0.1) is 10.5 Å². The van der Waals surface area contributed by atoms with Crippen molar-refractivity contribution in [2.75, 3.05) is 7.05 Å². The fourth-order valence-electron chi connectivity index (χ4n) is 4.21. The number of carbonyl (C=O) groups excluding carboxylic acids is 2. The van der Waals surface area contributed by atoms with Gasteiger partial charge in [-0.3, -0.25) is 20.4 Å². The van der Waals surface area contributed by atoms with Crippen molar-refractivity contribution in [3.05, 3.63) is 119 Å². The molecule has 38 heavy (non-hydrogen) atoms. The minimum absolute atomic E-state index is 0.145. The van der Waals surface area contributed by atoms with Crippen LogP contribution < -0.4 is 10.9 Å². The number of aryl methyl sites for hydroxylation is 2. The zero-order valence-corrected chi connectivity index (χ0v) is 22.5. The van der Waals surface area contributed by atoms with Gasteiger partial charge in [-0.2, -0.15) is 4.31 Å². The van der Waals surface area contributed by atoms with E-state index in [1.807, 2.05) is 55.7 Å². The SMILES string of the molecule is Cc1ccc(S(=O)(=O)N(C)Cc2ccc(C(=O)NNC(=O)c3cc(C)n(-c4ccccc4)c3C)cc2)cc1. The second-order valence-corrected chi connectivity index (χ2v) is 11.2. The van der Waals surface area contributed by atoms with Crippen molar-refractivity contribution in [2.24, 2.45) is 0 Å². The quantitative estimate of drug-likeness (QED) is 0.348. The summed E-state index contributed by atoms with van der Waals surface area (Å²) in [5.74, 6) is -0.907. The predicted molar refractivity (Wildman–Crippen MR) is 146 cm³/mol. The highest BCUT2D eigenvalue weighted by atomic mass is 32.2. The maximum absolute atomic E-state index is 12.8. The number of hydrogen-bond acceptors (Lipinski definition) is 4. The van der Waals surface area contributed by atoms with Gasteiger partial charge in [-0.05, 0) is 68.8 Å². The van der Waals surface area contributed by atoms with Crippen LogP contribution in [0.3, 0.4) is 0 Å². The molecule has 0 bridgehead atoms. The lowest BCUT2D eigenvalue weighted by atomic mass is 10.1. The molecule has 0 aliphatic heterocycles. The number of rotatable bonds is 7. The summed E-state index contributed by atoms with van der Waals surface area (Å²) in [6, 6.07) is 24.7. The Bertz CT molecular complexity index is 1560. The van der Waals surface area contributed by atoms with Crippen LogP contribution in [0.2, 0.25) is 0 Å². The first-order chi connectivity index (χ1) is 18.1. The highest BCUT2D eigenvalue weighted by molar-refractivity contribution is 7.89. The molecule has 4 rings (SSSR count). The Hall–Kier alpha value is -4.21. The van der Waals surface area contributed by atoms with E-state index in [0.29, 0.717) is 11.1 Å². The van der Waals surface area contributed by atoms with Crippen molar-refractivity contribution in [1.29, 1.82) is 0 Å². The summed E-state index contributed by atoms with van der Waals surface area (Å²) in [6.07, 6.45) is 0. The molecule has 0 aliphatic rings. The van der Waals surface area contributed by atoms with Gasteiger partial charge in [-0.1, -0.05) is 48.0 Å². The Morgan fingerprint density at radius 1 is 0.816 bits per heavy atom. The highest BCUT2D eigenvalue weighted by Crippen LogP contribution is 2.21. The summed E-state index contributed by atoms with van der Waals surface area (Å²) in [6.45, 7) is 5.81. The molecule has 0 atom stereocenters. The van der Waals surface area contributed by atoms with E-state index in [-0.39, 0.29) is 11.4 Å². The van der Waals surface area contributed by atoms with Gasteiger partial charge >= 0.3 is 0 Å². The number of sulfonamides is 1. The third kappa shape index (κ3) is 5.69. The van der Waals surface area contributed by atoms with Gasteiger partial charge in [0, 0.05) is 36.2 Å². The van der Waals surface area contributed by atoms with Crippen molar-refractivity contribution in [3.63, 3.8) is 0 Å². The zero-order valence-electron chi connectivity index (χ0n) is 21.7. The van der Waals surface area contributed by atoms with Crippen LogP contribution in [0, 0.1) is 20.8 Å². The first kappa shape index (κ1) is 26.8. The van der Waals surface area contributed by atoms with Crippen LogP contribution in [0.25, 0.3) is 5.69 Å². The van der Waals surface area contributed by atoms with E-state index in [2.05, 4.69) is 10.9 Å². The summed E-state index contributed by atoms with van der Waals surface area (Å²) in [4.78, 5) is 25.7. The zero-order chi connectivity index (χ0) is 27.4. The van der Waals surface area contributed by atoms with Crippen LogP contribution in [0.4, 0.5) is 0 Å². The molecule has 196 valence electrons. The van der Waals surface area contributed by atoms with Crippen molar-refractivity contribution in [3.8, 4) is 5.69 Å². The smallest absolute Gasteiger partial charge is 0.271 e. The van der Waals surface area contributed by atoms with Gasteiger partial charge < -0.3 is 4.57 Å². The van der Waals surface area contributed by atoms with Gasteiger partial charge in [0.2, 0.25) is 10.0 Å². The minimum atomic E-state index is -3.64. The van der Waals surface area contributed by atoms with Crippen LogP contribution in [0.15, 0.2) is 89.8 Å². The fraction of sp³-hybridized carbons (Fsp3) is 0.172. The fourth-order valence-corrected chi connectivity index (χ4v) is 5.37. The first-order valence-corrected chi connectivity index (χ1v) is 13.5. The molecule has 0 spiro atoms. The molecule has 1 aromatic heterocycles. The second-order valence-electron chi connectivity index (χ2n) is 9.14. The summed E-state index contributed by atoms with van der Waals surface area (Å²) < 4.78 is 28.9. The highest BCUT2D eigenvalue weighted by Gasteiger charge is 2.21. The molecular weight excluding hydrogens is 500 g/mol. The number of nitrogens with zero attached hydrogens (tertiary/aromatic N) is 2. The van der Waals surface area contributed by atoms with Gasteiger partial charge in [0.15, 0.2) is 0 Å². The Labute approximate surface area is 222 Å². The topological polar surface area (TPSA) is 101 Å². The summed E-state index contributed by atoms with van der Waals surface area (Å²) >= 11 is 0. The van der Waals surface area contributed by atoms with Gasteiger partial charge in [0.25, 0.3) is 11.8 Å². The molecule has 0 saturated carbocycles. The van der Waals surface area contributed by atoms with Gasteiger partial charge in [0.1, 0.15) is 0 Å². The Balaban J connectivity index is 1.37. The maximum Gasteiger partial charge on any atom is 0.271 e. The average molecular weight is 531 g/mol. The van der Waals surface area contributed by atoms with E-state index in [1.165, 1.54) is 11.4 Å². The van der Waals surface area contributed by atoms with E-state index in [9.17, 15) is 18.0 Å². The standard InChI is InChI=1S/C29H30N4O4S/c1-20-10-16-26(17-11-20)38(36,37)32(4)19-23-12-14-24(15-13-23)28(34)30-31-29(35)27-18-21(2)33(22(27)3)25-8-6-5-7-9-25/h5-18H,19H2,1-4H3,(H,30,34)(H,31,35). The molecule has 0 unspecified atom stereocenters. The molecule has 9 heteroatoms. The maximum atomic E-state index is 12.8. The van der Waals surface area contributed by atoms with Gasteiger partial charge in [-0.25, -0.2) is 8.42 Å². The lowest BCUT2D eigenvalue weighted by Gasteiger charge is -2.17. The van der Waals surface area contributed by atoms with Crippen LogP contribution in [-0.2, 0) is 16.6 Å². The molecule has 8 nitrogen and oxygen atoms in total. The molecule has 0 radical (unpaired) electrons. The number of para-hydroxylation sites is 1. The molecule has 4 aromatic rings. The number of aromatic nitrogens is 1. The molecule has 0 saturated heterocycles. The number of carbonyl (C=O) groups is 2. The molecule has 2 N–H and O–H groups in total. The largest absolute Gasteiger partial charge is 0.318 e. The molecular formula is C29H30N4O4S. The summed E-state index contributed by atoms with van der Waals surface area (Å²) in [5.41, 5.74) is 10.0. The summed E-state index contributed by atoms with van der Waals surface area (Å²) in [7, 11) is -2.13. The van der Waals surface area contributed by atoms with E-state index in [1.54, 1.807) is 54.6 Å². The molecule has 3 aromatic carbocycles. The van der Waals surface area contributed by atoms with Crippen LogP contribution in [-0.4, -0.2) is 36.2 Å². The Morgan fingerprint density at radius 3 is 2.05 bits per heavy atom. The molecule has 0 fully saturated rings. The minimum Gasteiger partial charge on any atom is -0.318 e. The normalized spacial score (nSPS) is 11.4. The molecule has 2 amide bonds. The van der Waals surface area contributed by atoms with E-state index >= 15 is 0 Å². The van der Waals surface area contributed by atoms with Crippen LogP contribution >= 0.6 is 0 Å². The third-order valence-electron chi connectivity index (χ3n) is 6.33. The molecule has 1 heterocycles. The van der Waals surface area contributed by atoms with Crippen molar-refractivity contribution in [1.82, 2.24) is 19.7 Å². The number of amides is 2.